The number of fused-ring (bicyclic) bond motifs is 1. The third-order valence-electron chi connectivity index (χ3n) is 9.29. The first-order valence-corrected chi connectivity index (χ1v) is 14.2. The monoisotopic (exact) mass is 537 g/mol. The third kappa shape index (κ3) is 4.52. The third-order valence-corrected chi connectivity index (χ3v) is 9.29. The van der Waals surface area contributed by atoms with E-state index >= 15 is 0 Å². The largest absolute Gasteiger partial charge is 0.371 e. The van der Waals surface area contributed by atoms with Gasteiger partial charge in [-0.1, -0.05) is 18.6 Å². The number of likely N-dealkylation sites (tertiary alicyclic amines) is 1. The summed E-state index contributed by atoms with van der Waals surface area (Å²) in [6.45, 7) is 16.0. The Morgan fingerprint density at radius 2 is 1.79 bits per heavy atom. The van der Waals surface area contributed by atoms with Crippen LogP contribution in [0.25, 0.3) is 5.57 Å². The van der Waals surface area contributed by atoms with Crippen LogP contribution in [0.2, 0.25) is 0 Å². The number of hydrogen-bond donors (Lipinski definition) is 0. The van der Waals surface area contributed by atoms with E-state index in [9.17, 15) is 18.4 Å². The van der Waals surface area contributed by atoms with Crippen molar-refractivity contribution >= 4 is 17.4 Å². The second kappa shape index (κ2) is 9.60. The van der Waals surface area contributed by atoms with Crippen molar-refractivity contribution in [3.8, 4) is 0 Å². The molecule has 1 aliphatic carbocycles. The Labute approximate surface area is 231 Å². The van der Waals surface area contributed by atoms with Gasteiger partial charge in [-0.2, -0.15) is 0 Å². The molecule has 3 aliphatic heterocycles. The normalized spacial score (nSPS) is 25.1. The van der Waals surface area contributed by atoms with Crippen LogP contribution in [-0.2, 0) is 9.59 Å². The van der Waals surface area contributed by atoms with Crippen molar-refractivity contribution in [3.05, 3.63) is 64.5 Å². The van der Waals surface area contributed by atoms with E-state index in [1.807, 2.05) is 16.0 Å². The number of carbonyl (C=O) groups is 2. The van der Waals surface area contributed by atoms with Gasteiger partial charge in [0.2, 0.25) is 11.8 Å². The summed E-state index contributed by atoms with van der Waals surface area (Å²) in [6, 6.07) is 3.63. The summed E-state index contributed by atoms with van der Waals surface area (Å²) in [5.74, 6) is -1.35. The molecule has 3 heterocycles. The van der Waals surface area contributed by atoms with E-state index < -0.39 is 23.0 Å². The molecule has 0 aromatic heterocycles. The fourth-order valence-electron chi connectivity index (χ4n) is 6.75. The van der Waals surface area contributed by atoms with E-state index in [-0.39, 0.29) is 29.0 Å². The number of carbonyl (C=O) groups excluding carboxylic acids is 2. The Hall–Kier alpha value is -2.96. The van der Waals surface area contributed by atoms with Gasteiger partial charge >= 0.3 is 0 Å². The van der Waals surface area contributed by atoms with Crippen LogP contribution in [-0.4, -0.2) is 57.7 Å². The molecule has 2 amide bonds. The van der Waals surface area contributed by atoms with Gasteiger partial charge in [0, 0.05) is 54.7 Å². The standard InChI is InChI=1S/C32H41F2N3O2/c1-19(2)37-28-15-21(4)20(3)14-26(28)32(30(37)39)10-12-35(13-11-32)29(38)25-18-36(31(5,6)7)17-24(25)23-9-8-22(33)16-27(23)34/h8-9,14,16-17,19,21,25H,10-13,15,18H2,1-7H3/t21?,25-/m1/s1. The van der Waals surface area contributed by atoms with Gasteiger partial charge in [-0.15, -0.1) is 0 Å². The minimum Gasteiger partial charge on any atom is -0.371 e. The lowest BCUT2D eigenvalue weighted by molar-refractivity contribution is -0.144. The van der Waals surface area contributed by atoms with Gasteiger partial charge in [0.1, 0.15) is 11.6 Å². The molecule has 1 saturated heterocycles. The first-order chi connectivity index (χ1) is 18.2. The van der Waals surface area contributed by atoms with Crippen LogP contribution in [0, 0.1) is 28.9 Å². The molecule has 1 spiro atoms. The molecule has 39 heavy (non-hydrogen) atoms. The molecule has 1 aromatic rings. The van der Waals surface area contributed by atoms with Crippen LogP contribution >= 0.6 is 0 Å². The summed E-state index contributed by atoms with van der Waals surface area (Å²) in [5.41, 5.74) is 3.60. The minimum atomic E-state index is -0.661. The average Bonchev–Trinajstić information content (AvgIpc) is 3.39. The number of amides is 2. The zero-order valence-electron chi connectivity index (χ0n) is 24.3. The smallest absolute Gasteiger partial charge is 0.237 e. The van der Waals surface area contributed by atoms with Crippen LogP contribution in [0.5, 0.6) is 0 Å². The lowest BCUT2D eigenvalue weighted by Gasteiger charge is -2.41. The summed E-state index contributed by atoms with van der Waals surface area (Å²) in [4.78, 5) is 33.9. The SMILES string of the molecule is CC1=CC2=C(CC1C)N(C(C)C)C(=O)C21CCN(C(=O)[C@@H]2CN(C(C)(C)C)C=C2c2ccc(F)cc2F)CC1. The highest BCUT2D eigenvalue weighted by atomic mass is 19.1. The molecule has 1 fully saturated rings. The summed E-state index contributed by atoms with van der Waals surface area (Å²) in [5, 5.41) is 0. The number of rotatable bonds is 3. The van der Waals surface area contributed by atoms with E-state index in [0.29, 0.717) is 44.0 Å². The van der Waals surface area contributed by atoms with Gasteiger partial charge < -0.3 is 14.7 Å². The molecule has 0 N–H and O–H groups in total. The van der Waals surface area contributed by atoms with Gasteiger partial charge in [-0.05, 0) is 90.0 Å². The van der Waals surface area contributed by atoms with Crippen LogP contribution in [0.3, 0.4) is 0 Å². The molecule has 4 aliphatic rings. The van der Waals surface area contributed by atoms with Crippen molar-refractivity contribution in [3.63, 3.8) is 0 Å². The maximum Gasteiger partial charge on any atom is 0.237 e. The summed E-state index contributed by atoms with van der Waals surface area (Å²) < 4.78 is 28.6. The maximum absolute atomic E-state index is 14.9. The van der Waals surface area contributed by atoms with Crippen molar-refractivity contribution in [1.82, 2.24) is 14.7 Å². The van der Waals surface area contributed by atoms with Crippen molar-refractivity contribution in [2.24, 2.45) is 17.3 Å². The van der Waals surface area contributed by atoms with E-state index in [2.05, 4.69) is 59.4 Å². The van der Waals surface area contributed by atoms with Crippen molar-refractivity contribution in [1.29, 1.82) is 0 Å². The Morgan fingerprint density at radius 3 is 2.38 bits per heavy atom. The lowest BCUT2D eigenvalue weighted by atomic mass is 9.70. The number of piperidine rings is 1. The van der Waals surface area contributed by atoms with Crippen LogP contribution in [0.1, 0.15) is 73.3 Å². The van der Waals surface area contributed by atoms with Crippen molar-refractivity contribution in [2.45, 2.75) is 79.3 Å². The van der Waals surface area contributed by atoms with E-state index in [4.69, 9.17) is 0 Å². The van der Waals surface area contributed by atoms with E-state index in [0.717, 1.165) is 23.8 Å². The molecule has 5 nitrogen and oxygen atoms in total. The van der Waals surface area contributed by atoms with Gasteiger partial charge in [0.05, 0.1) is 11.3 Å². The predicted molar refractivity (Wildman–Crippen MR) is 149 cm³/mol. The first-order valence-electron chi connectivity index (χ1n) is 14.2. The molecule has 1 aromatic carbocycles. The molecule has 5 rings (SSSR count). The maximum atomic E-state index is 14.9. The summed E-state index contributed by atoms with van der Waals surface area (Å²) in [6.07, 6.45) is 6.12. The van der Waals surface area contributed by atoms with Crippen LogP contribution < -0.4 is 0 Å². The second-order valence-corrected chi connectivity index (χ2v) is 13.1. The molecule has 2 atom stereocenters. The zero-order valence-corrected chi connectivity index (χ0v) is 24.3. The molecule has 0 bridgehead atoms. The fraction of sp³-hybridized carbons (Fsp3) is 0.562. The average molecular weight is 538 g/mol. The number of allylic oxidation sites excluding steroid dienone is 3. The highest BCUT2D eigenvalue weighted by molar-refractivity contribution is 5.95. The molecule has 0 radical (unpaired) electrons. The Bertz CT molecular complexity index is 1290. The summed E-state index contributed by atoms with van der Waals surface area (Å²) >= 11 is 0. The topological polar surface area (TPSA) is 43.9 Å². The zero-order chi connectivity index (χ0) is 28.4. The van der Waals surface area contributed by atoms with Crippen molar-refractivity contribution < 1.29 is 18.4 Å². The van der Waals surface area contributed by atoms with Gasteiger partial charge in [-0.3, -0.25) is 9.59 Å². The van der Waals surface area contributed by atoms with E-state index in [1.165, 1.54) is 17.7 Å². The highest BCUT2D eigenvalue weighted by Gasteiger charge is 2.55. The van der Waals surface area contributed by atoms with Crippen LogP contribution in [0.4, 0.5) is 8.78 Å². The summed E-state index contributed by atoms with van der Waals surface area (Å²) in [7, 11) is 0. The fourth-order valence-corrected chi connectivity index (χ4v) is 6.75. The molecule has 0 saturated carbocycles. The number of halogens is 2. The Kier molecular flexibility index (Phi) is 6.79. The van der Waals surface area contributed by atoms with Crippen LogP contribution in [0.15, 0.2) is 47.3 Å². The second-order valence-electron chi connectivity index (χ2n) is 13.1. The molecule has 210 valence electrons. The number of benzene rings is 1. The van der Waals surface area contributed by atoms with Gasteiger partial charge in [0.15, 0.2) is 0 Å². The lowest BCUT2D eigenvalue weighted by Crippen LogP contribution is -2.50. The highest BCUT2D eigenvalue weighted by Crippen LogP contribution is 2.53. The predicted octanol–water partition coefficient (Wildman–Crippen LogP) is 6.14. The minimum absolute atomic E-state index is 0.0593. The number of nitrogens with zero attached hydrogens (tertiary/aromatic N) is 3. The van der Waals surface area contributed by atoms with Gasteiger partial charge in [0.25, 0.3) is 0 Å². The number of hydrogen-bond acceptors (Lipinski definition) is 3. The van der Waals surface area contributed by atoms with E-state index in [1.54, 1.807) is 0 Å². The first kappa shape index (κ1) is 27.6. The Morgan fingerprint density at radius 1 is 1.13 bits per heavy atom. The van der Waals surface area contributed by atoms with Crippen molar-refractivity contribution in [2.75, 3.05) is 19.6 Å². The molecule has 1 unspecified atom stereocenters. The molecular formula is C32H41F2N3O2. The Balaban J connectivity index is 1.41. The quantitative estimate of drug-likeness (QED) is 0.466. The molecule has 7 heteroatoms. The molecular weight excluding hydrogens is 496 g/mol. The van der Waals surface area contributed by atoms with Gasteiger partial charge in [-0.25, -0.2) is 8.78 Å².